The Balaban J connectivity index is 1.92. The Labute approximate surface area is 138 Å². The highest BCUT2D eigenvalue weighted by Gasteiger charge is 2.20. The van der Waals surface area contributed by atoms with Crippen molar-refractivity contribution < 1.29 is 0 Å². The highest BCUT2D eigenvalue weighted by Crippen LogP contribution is 2.31. The number of benzene rings is 1. The summed E-state index contributed by atoms with van der Waals surface area (Å²) < 4.78 is 1.24. The molecule has 1 aromatic carbocycles. The first-order chi connectivity index (χ1) is 10.2. The molecule has 0 amide bonds. The van der Waals surface area contributed by atoms with Crippen LogP contribution in [0.15, 0.2) is 22.7 Å². The van der Waals surface area contributed by atoms with Crippen molar-refractivity contribution >= 4 is 21.6 Å². The van der Waals surface area contributed by atoms with Crippen LogP contribution in [0.5, 0.6) is 0 Å². The summed E-state index contributed by atoms with van der Waals surface area (Å²) in [5.74, 6) is 0.947. The first kappa shape index (κ1) is 16.8. The van der Waals surface area contributed by atoms with Gasteiger partial charge in [-0.15, -0.1) is 0 Å². The van der Waals surface area contributed by atoms with Crippen LogP contribution in [0.25, 0.3) is 0 Å². The van der Waals surface area contributed by atoms with Crippen LogP contribution in [0.1, 0.15) is 51.5 Å². The summed E-state index contributed by atoms with van der Waals surface area (Å²) in [5, 5.41) is 3.46. The van der Waals surface area contributed by atoms with Crippen LogP contribution in [0, 0.1) is 5.92 Å². The average Bonchev–Trinajstić information content (AvgIpc) is 2.49. The summed E-state index contributed by atoms with van der Waals surface area (Å²) in [6.07, 6.45) is 6.61. The van der Waals surface area contributed by atoms with Crippen molar-refractivity contribution in [3.05, 3.63) is 28.2 Å². The van der Waals surface area contributed by atoms with E-state index in [4.69, 9.17) is 0 Å². The van der Waals surface area contributed by atoms with E-state index in [9.17, 15) is 0 Å². The zero-order chi connectivity index (χ0) is 15.1. The molecule has 0 atom stereocenters. The third kappa shape index (κ3) is 5.00. The van der Waals surface area contributed by atoms with Crippen LogP contribution in [-0.2, 0) is 6.54 Å². The highest BCUT2D eigenvalue weighted by molar-refractivity contribution is 9.10. The summed E-state index contributed by atoms with van der Waals surface area (Å²) in [6.45, 7) is 8.96. The summed E-state index contributed by atoms with van der Waals surface area (Å²) >= 11 is 3.77. The smallest absolute Gasteiger partial charge is 0.0510 e. The van der Waals surface area contributed by atoms with E-state index in [0.29, 0.717) is 0 Å². The van der Waals surface area contributed by atoms with Crippen molar-refractivity contribution in [2.75, 3.05) is 24.5 Å². The average molecular weight is 353 g/mol. The predicted octanol–water partition coefficient (Wildman–Crippen LogP) is 4.97. The SMILES string of the molecule is CCCNCc1ccc(N2CCC(CCC)CC2)c(Br)c1. The molecule has 1 aromatic rings. The molecule has 1 aliphatic heterocycles. The van der Waals surface area contributed by atoms with E-state index in [2.05, 4.69) is 58.2 Å². The van der Waals surface area contributed by atoms with Gasteiger partial charge in [0.2, 0.25) is 0 Å². The van der Waals surface area contributed by atoms with Gasteiger partial charge in [-0.25, -0.2) is 0 Å². The molecule has 0 aromatic heterocycles. The third-order valence-corrected chi connectivity index (χ3v) is 5.06. The van der Waals surface area contributed by atoms with Gasteiger partial charge in [0.1, 0.15) is 0 Å². The Morgan fingerprint density at radius 3 is 2.57 bits per heavy atom. The predicted molar refractivity (Wildman–Crippen MR) is 96.0 cm³/mol. The van der Waals surface area contributed by atoms with E-state index in [-0.39, 0.29) is 0 Å². The number of hydrogen-bond acceptors (Lipinski definition) is 2. The Bertz CT molecular complexity index is 425. The monoisotopic (exact) mass is 352 g/mol. The minimum Gasteiger partial charge on any atom is -0.371 e. The molecule has 118 valence electrons. The Morgan fingerprint density at radius 2 is 1.95 bits per heavy atom. The fourth-order valence-electron chi connectivity index (χ4n) is 3.20. The van der Waals surface area contributed by atoms with Gasteiger partial charge in [0.15, 0.2) is 0 Å². The minimum atomic E-state index is 0.947. The van der Waals surface area contributed by atoms with E-state index in [1.54, 1.807) is 0 Å². The van der Waals surface area contributed by atoms with Crippen LogP contribution in [0.4, 0.5) is 5.69 Å². The second-order valence-corrected chi connectivity index (χ2v) is 7.04. The van der Waals surface area contributed by atoms with Gasteiger partial charge >= 0.3 is 0 Å². The van der Waals surface area contributed by atoms with Crippen molar-refractivity contribution in [2.24, 2.45) is 5.92 Å². The van der Waals surface area contributed by atoms with E-state index in [1.165, 1.54) is 60.9 Å². The van der Waals surface area contributed by atoms with Crippen molar-refractivity contribution in [2.45, 2.75) is 52.5 Å². The van der Waals surface area contributed by atoms with Gasteiger partial charge in [-0.05, 0) is 65.4 Å². The Hall–Kier alpha value is -0.540. The first-order valence-corrected chi connectivity index (χ1v) is 9.28. The van der Waals surface area contributed by atoms with Crippen molar-refractivity contribution in [3.8, 4) is 0 Å². The number of rotatable bonds is 7. The van der Waals surface area contributed by atoms with Gasteiger partial charge in [0.05, 0.1) is 5.69 Å². The minimum absolute atomic E-state index is 0.947. The molecule has 1 heterocycles. The maximum atomic E-state index is 3.77. The van der Waals surface area contributed by atoms with Crippen LogP contribution in [0.3, 0.4) is 0 Å². The number of nitrogens with one attached hydrogen (secondary N) is 1. The number of hydrogen-bond donors (Lipinski definition) is 1. The number of halogens is 1. The van der Waals surface area contributed by atoms with Crippen molar-refractivity contribution in [1.29, 1.82) is 0 Å². The lowest BCUT2D eigenvalue weighted by Gasteiger charge is -2.34. The van der Waals surface area contributed by atoms with Crippen molar-refractivity contribution in [1.82, 2.24) is 5.32 Å². The topological polar surface area (TPSA) is 15.3 Å². The van der Waals surface area contributed by atoms with Gasteiger partial charge < -0.3 is 10.2 Å². The fourth-order valence-corrected chi connectivity index (χ4v) is 3.87. The fraction of sp³-hybridized carbons (Fsp3) is 0.667. The van der Waals surface area contributed by atoms with Crippen LogP contribution in [0.2, 0.25) is 0 Å². The van der Waals surface area contributed by atoms with Gasteiger partial charge in [0.25, 0.3) is 0 Å². The molecule has 21 heavy (non-hydrogen) atoms. The molecule has 0 unspecified atom stereocenters. The number of piperidine rings is 1. The lowest BCUT2D eigenvalue weighted by atomic mass is 9.92. The van der Waals surface area contributed by atoms with Crippen LogP contribution < -0.4 is 10.2 Å². The Kier molecular flexibility index (Phi) is 7.05. The maximum absolute atomic E-state index is 3.77. The summed E-state index contributed by atoms with van der Waals surface area (Å²) in [5.41, 5.74) is 2.73. The van der Waals surface area contributed by atoms with Crippen molar-refractivity contribution in [3.63, 3.8) is 0 Å². The molecule has 2 rings (SSSR count). The molecule has 0 saturated carbocycles. The quantitative estimate of drug-likeness (QED) is 0.697. The molecule has 3 heteroatoms. The molecule has 0 bridgehead atoms. The lowest BCUT2D eigenvalue weighted by Crippen LogP contribution is -2.33. The first-order valence-electron chi connectivity index (χ1n) is 8.48. The normalized spacial score (nSPS) is 16.4. The second-order valence-electron chi connectivity index (χ2n) is 6.18. The second kappa shape index (κ2) is 8.79. The van der Waals surface area contributed by atoms with E-state index in [1.807, 2.05) is 0 Å². The van der Waals surface area contributed by atoms with E-state index >= 15 is 0 Å². The van der Waals surface area contributed by atoms with Gasteiger partial charge in [0, 0.05) is 24.1 Å². The lowest BCUT2D eigenvalue weighted by molar-refractivity contribution is 0.378. The van der Waals surface area contributed by atoms with E-state index in [0.717, 1.165) is 19.0 Å². The van der Waals surface area contributed by atoms with Crippen LogP contribution >= 0.6 is 15.9 Å². The summed E-state index contributed by atoms with van der Waals surface area (Å²) in [4.78, 5) is 2.54. The molecule has 1 fully saturated rings. The standard InChI is InChI=1S/C18H29BrN2/c1-3-5-15-8-11-21(12-9-15)18-7-6-16(13-17(18)19)14-20-10-4-2/h6-7,13,15,20H,3-5,8-12,14H2,1-2H3. The molecule has 0 aliphatic carbocycles. The largest absolute Gasteiger partial charge is 0.371 e. The zero-order valence-corrected chi connectivity index (χ0v) is 15.1. The third-order valence-electron chi connectivity index (χ3n) is 4.42. The molecule has 0 radical (unpaired) electrons. The maximum Gasteiger partial charge on any atom is 0.0510 e. The molecular formula is C18H29BrN2. The highest BCUT2D eigenvalue weighted by atomic mass is 79.9. The number of anilines is 1. The summed E-state index contributed by atoms with van der Waals surface area (Å²) in [7, 11) is 0. The molecule has 2 nitrogen and oxygen atoms in total. The molecule has 0 spiro atoms. The van der Waals surface area contributed by atoms with Gasteiger partial charge in [-0.2, -0.15) is 0 Å². The van der Waals surface area contributed by atoms with Gasteiger partial charge in [-0.1, -0.05) is 32.8 Å². The molecule has 1 N–H and O–H groups in total. The molecular weight excluding hydrogens is 324 g/mol. The molecule has 1 saturated heterocycles. The van der Waals surface area contributed by atoms with E-state index < -0.39 is 0 Å². The van der Waals surface area contributed by atoms with Crippen LogP contribution in [-0.4, -0.2) is 19.6 Å². The molecule has 1 aliphatic rings. The zero-order valence-electron chi connectivity index (χ0n) is 13.5. The van der Waals surface area contributed by atoms with Gasteiger partial charge in [-0.3, -0.25) is 0 Å². The summed E-state index contributed by atoms with van der Waals surface area (Å²) in [6, 6.07) is 6.82. The Morgan fingerprint density at radius 1 is 1.19 bits per heavy atom. The number of nitrogens with zero attached hydrogens (tertiary/aromatic N) is 1.